The highest BCUT2D eigenvalue weighted by atomic mass is 32.1. The number of pyridine rings is 1. The summed E-state index contributed by atoms with van der Waals surface area (Å²) >= 11 is 1.82. The third kappa shape index (κ3) is 3.26. The fraction of sp³-hybridized carbons (Fsp3) is 0. The highest BCUT2D eigenvalue weighted by Crippen LogP contribution is 2.40. The van der Waals surface area contributed by atoms with E-state index in [-0.39, 0.29) is 0 Å². The summed E-state index contributed by atoms with van der Waals surface area (Å²) in [6.07, 6.45) is 1.86. The van der Waals surface area contributed by atoms with E-state index in [2.05, 4.69) is 77.4 Å². The van der Waals surface area contributed by atoms with E-state index in [1.165, 1.54) is 20.2 Å². The van der Waals surface area contributed by atoms with Crippen LogP contribution in [0.3, 0.4) is 0 Å². The zero-order chi connectivity index (χ0) is 25.1. The van der Waals surface area contributed by atoms with Crippen LogP contribution < -0.4 is 0 Å². The minimum absolute atomic E-state index is 0.638. The summed E-state index contributed by atoms with van der Waals surface area (Å²) in [6.45, 7) is 0. The molecule has 0 fully saturated rings. The lowest BCUT2D eigenvalue weighted by Crippen LogP contribution is -2.04. The maximum absolute atomic E-state index is 5.12. The number of benzene rings is 4. The molecule has 8 aromatic rings. The molecule has 0 spiro atoms. The van der Waals surface area contributed by atoms with E-state index < -0.39 is 0 Å². The monoisotopic (exact) mass is 504 g/mol. The highest BCUT2D eigenvalue weighted by Gasteiger charge is 2.19. The van der Waals surface area contributed by atoms with E-state index >= 15 is 0 Å². The molecule has 0 N–H and O–H groups in total. The summed E-state index contributed by atoms with van der Waals surface area (Å²) in [5.74, 6) is 0.638. The van der Waals surface area contributed by atoms with Gasteiger partial charge in [0, 0.05) is 42.9 Å². The molecule has 4 nitrogen and oxygen atoms in total. The van der Waals surface area contributed by atoms with Crippen LogP contribution in [-0.2, 0) is 0 Å². The van der Waals surface area contributed by atoms with Crippen molar-refractivity contribution in [2.75, 3.05) is 0 Å². The molecule has 0 amide bonds. The second-order valence-corrected chi connectivity index (χ2v) is 10.4. The molecule has 0 radical (unpaired) electrons. The second-order valence-electron chi connectivity index (χ2n) is 9.34. The van der Waals surface area contributed by atoms with Gasteiger partial charge < -0.3 is 0 Å². The average molecular weight is 505 g/mol. The lowest BCUT2D eigenvalue weighted by molar-refractivity contribution is 0.995. The van der Waals surface area contributed by atoms with Gasteiger partial charge in [0.1, 0.15) is 0 Å². The van der Waals surface area contributed by atoms with E-state index in [0.717, 1.165) is 44.5 Å². The first-order chi connectivity index (χ1) is 18.8. The minimum atomic E-state index is 0.638. The van der Waals surface area contributed by atoms with E-state index in [0.29, 0.717) is 5.95 Å². The first-order valence-corrected chi connectivity index (χ1v) is 13.4. The van der Waals surface area contributed by atoms with Gasteiger partial charge in [-0.15, -0.1) is 11.3 Å². The molecule has 8 rings (SSSR count). The van der Waals surface area contributed by atoms with Crippen LogP contribution in [0.4, 0.5) is 0 Å². The Labute approximate surface area is 222 Å². The van der Waals surface area contributed by atoms with Crippen molar-refractivity contribution >= 4 is 53.4 Å². The maximum atomic E-state index is 5.12. The average Bonchev–Trinajstić information content (AvgIpc) is 3.51. The van der Waals surface area contributed by atoms with Gasteiger partial charge in [-0.1, -0.05) is 78.9 Å². The Kier molecular flexibility index (Phi) is 4.66. The first-order valence-electron chi connectivity index (χ1n) is 12.5. The Hall–Kier alpha value is -4.87. The molecule has 0 aliphatic heterocycles. The zero-order valence-corrected chi connectivity index (χ0v) is 21.1. The standard InChI is InChI=1S/C33H20N4S/c1-3-10-21(11-4-1)26-19-27(22-12-5-2-6-13-22)36-33(35-26)37-28-15-9-17-34-32(28)25-18-24-23-14-7-8-16-30(23)38-31(24)20-29(25)37/h1-20H. The molecule has 0 atom stereocenters. The van der Waals surface area contributed by atoms with Crippen molar-refractivity contribution in [1.82, 2.24) is 19.5 Å². The van der Waals surface area contributed by atoms with Crippen LogP contribution in [0.2, 0.25) is 0 Å². The van der Waals surface area contributed by atoms with E-state index in [4.69, 9.17) is 15.0 Å². The lowest BCUT2D eigenvalue weighted by Gasteiger charge is -2.11. The number of hydrogen-bond donors (Lipinski definition) is 0. The SMILES string of the molecule is c1ccc(-c2cc(-c3ccccc3)nc(-n3c4cc5sc6ccccc6c5cc4c4ncccc43)n2)cc1. The van der Waals surface area contributed by atoms with Crippen LogP contribution in [-0.4, -0.2) is 19.5 Å². The van der Waals surface area contributed by atoms with Crippen molar-refractivity contribution in [2.24, 2.45) is 0 Å². The number of thiophene rings is 1. The Balaban J connectivity index is 1.48. The Bertz CT molecular complexity index is 2070. The fourth-order valence-electron chi connectivity index (χ4n) is 5.31. The van der Waals surface area contributed by atoms with Gasteiger partial charge in [-0.25, -0.2) is 9.97 Å². The fourth-order valence-corrected chi connectivity index (χ4v) is 6.43. The molecule has 0 unspecified atom stereocenters. The van der Waals surface area contributed by atoms with Crippen molar-refractivity contribution in [2.45, 2.75) is 0 Å². The summed E-state index contributed by atoms with van der Waals surface area (Å²) in [7, 11) is 0. The third-order valence-electron chi connectivity index (χ3n) is 7.07. The van der Waals surface area contributed by atoms with Crippen LogP contribution >= 0.6 is 11.3 Å². The summed E-state index contributed by atoms with van der Waals surface area (Å²) in [4.78, 5) is 15.1. The quantitative estimate of drug-likeness (QED) is 0.242. The molecule has 0 saturated carbocycles. The van der Waals surface area contributed by atoms with Crippen molar-refractivity contribution in [3.63, 3.8) is 0 Å². The van der Waals surface area contributed by atoms with E-state index in [9.17, 15) is 0 Å². The predicted octanol–water partition coefficient (Wildman–Crippen LogP) is 8.67. The molecular weight excluding hydrogens is 484 g/mol. The Morgan fingerprint density at radius 1 is 0.526 bits per heavy atom. The molecule has 0 aliphatic carbocycles. The molecule has 0 saturated heterocycles. The van der Waals surface area contributed by atoms with Crippen LogP contribution in [0.15, 0.2) is 121 Å². The molecule has 4 aromatic heterocycles. The summed E-state index contributed by atoms with van der Waals surface area (Å²) in [5.41, 5.74) is 6.89. The van der Waals surface area contributed by atoms with E-state index in [1.54, 1.807) is 0 Å². The maximum Gasteiger partial charge on any atom is 0.235 e. The predicted molar refractivity (Wildman–Crippen MR) is 158 cm³/mol. The minimum Gasteiger partial charge on any atom is -0.276 e. The Morgan fingerprint density at radius 3 is 1.95 bits per heavy atom. The smallest absolute Gasteiger partial charge is 0.235 e. The molecule has 4 aromatic carbocycles. The summed E-state index contributed by atoms with van der Waals surface area (Å²) in [6, 6.07) is 39.9. The van der Waals surface area contributed by atoms with Crippen LogP contribution in [0.25, 0.3) is 70.6 Å². The molecular formula is C33H20N4S. The van der Waals surface area contributed by atoms with Gasteiger partial charge in [0.2, 0.25) is 5.95 Å². The van der Waals surface area contributed by atoms with Crippen LogP contribution in [0, 0.1) is 0 Å². The normalized spacial score (nSPS) is 11.7. The number of rotatable bonds is 3. The number of fused-ring (bicyclic) bond motifs is 6. The van der Waals surface area contributed by atoms with Crippen molar-refractivity contribution < 1.29 is 0 Å². The second kappa shape index (κ2) is 8.33. The van der Waals surface area contributed by atoms with Gasteiger partial charge in [-0.05, 0) is 36.4 Å². The molecule has 0 bridgehead atoms. The molecule has 0 aliphatic rings. The summed E-state index contributed by atoms with van der Waals surface area (Å²) in [5, 5.41) is 3.64. The molecule has 4 heterocycles. The molecule has 178 valence electrons. The third-order valence-corrected chi connectivity index (χ3v) is 8.21. The Morgan fingerprint density at radius 2 is 1.21 bits per heavy atom. The topological polar surface area (TPSA) is 43.6 Å². The number of aromatic nitrogens is 4. The van der Waals surface area contributed by atoms with Gasteiger partial charge >= 0.3 is 0 Å². The lowest BCUT2D eigenvalue weighted by atomic mass is 10.1. The molecule has 38 heavy (non-hydrogen) atoms. The van der Waals surface area contributed by atoms with Gasteiger partial charge in [0.15, 0.2) is 0 Å². The number of hydrogen-bond acceptors (Lipinski definition) is 4. The van der Waals surface area contributed by atoms with Gasteiger partial charge in [-0.2, -0.15) is 0 Å². The highest BCUT2D eigenvalue weighted by molar-refractivity contribution is 7.25. The zero-order valence-electron chi connectivity index (χ0n) is 20.2. The van der Waals surface area contributed by atoms with Crippen molar-refractivity contribution in [3.8, 4) is 28.5 Å². The van der Waals surface area contributed by atoms with Gasteiger partial charge in [-0.3, -0.25) is 9.55 Å². The summed E-state index contributed by atoms with van der Waals surface area (Å²) < 4.78 is 4.69. The van der Waals surface area contributed by atoms with Crippen molar-refractivity contribution in [3.05, 3.63) is 121 Å². The van der Waals surface area contributed by atoms with Crippen LogP contribution in [0.1, 0.15) is 0 Å². The molecule has 5 heteroatoms. The largest absolute Gasteiger partial charge is 0.276 e. The first kappa shape index (κ1) is 21.2. The van der Waals surface area contributed by atoms with E-state index in [1.807, 2.05) is 60.0 Å². The van der Waals surface area contributed by atoms with Crippen molar-refractivity contribution in [1.29, 1.82) is 0 Å². The van der Waals surface area contributed by atoms with Gasteiger partial charge in [0.25, 0.3) is 0 Å². The number of nitrogens with zero attached hydrogens (tertiary/aromatic N) is 4. The van der Waals surface area contributed by atoms with Crippen LogP contribution in [0.5, 0.6) is 0 Å². The van der Waals surface area contributed by atoms with Gasteiger partial charge in [0.05, 0.1) is 27.9 Å².